The van der Waals surface area contributed by atoms with Crippen molar-refractivity contribution in [3.63, 3.8) is 0 Å². The fraction of sp³-hybridized carbons (Fsp3) is 0.167. The van der Waals surface area contributed by atoms with Crippen LogP contribution in [0, 0.1) is 0 Å². The van der Waals surface area contributed by atoms with Gasteiger partial charge in [0.25, 0.3) is 5.89 Å². The number of rotatable bonds is 5. The topological polar surface area (TPSA) is 74.5 Å². The first-order valence-electron chi connectivity index (χ1n) is 7.79. The first-order chi connectivity index (χ1) is 13.3. The van der Waals surface area contributed by atoms with Gasteiger partial charge in [-0.2, -0.15) is 18.2 Å². The summed E-state index contributed by atoms with van der Waals surface area (Å²) in [6, 6.07) is 9.14. The van der Waals surface area contributed by atoms with Gasteiger partial charge in [-0.25, -0.2) is 4.79 Å². The molecular weight excluding hydrogens is 445 g/mol. The number of hydrogen-bond acceptors (Lipinski definition) is 6. The van der Waals surface area contributed by atoms with Crippen molar-refractivity contribution in [3.8, 4) is 17.1 Å². The minimum absolute atomic E-state index is 0.00210. The Labute approximate surface area is 165 Å². The number of methoxy groups -OCH3 is 1. The highest BCUT2D eigenvalue weighted by Gasteiger charge is 2.30. The predicted octanol–water partition coefficient (Wildman–Crippen LogP) is 4.88. The Balaban J connectivity index is 1.67. The number of aromatic nitrogens is 2. The first-order valence-corrected chi connectivity index (χ1v) is 8.58. The van der Waals surface area contributed by atoms with E-state index >= 15 is 0 Å². The summed E-state index contributed by atoms with van der Waals surface area (Å²) in [4.78, 5) is 16.2. The van der Waals surface area contributed by atoms with Crippen molar-refractivity contribution in [3.05, 3.63) is 64.0 Å². The molecule has 2 aromatic carbocycles. The molecule has 1 heterocycles. The number of nitrogens with zero attached hydrogens (tertiary/aromatic N) is 2. The molecule has 6 nitrogen and oxygen atoms in total. The maximum Gasteiger partial charge on any atom is 0.416 e. The van der Waals surface area contributed by atoms with Crippen LogP contribution in [0.4, 0.5) is 13.2 Å². The number of hydrogen-bond donors (Lipinski definition) is 0. The fourth-order valence-electron chi connectivity index (χ4n) is 2.23. The summed E-state index contributed by atoms with van der Waals surface area (Å²) in [6.45, 7) is -0.296. The molecule has 0 unspecified atom stereocenters. The number of halogens is 4. The van der Waals surface area contributed by atoms with Gasteiger partial charge in [-0.15, -0.1) is 0 Å². The normalized spacial score (nSPS) is 11.3. The molecule has 0 aliphatic carbocycles. The van der Waals surface area contributed by atoms with Crippen molar-refractivity contribution in [2.75, 3.05) is 7.11 Å². The molecule has 0 amide bonds. The summed E-state index contributed by atoms with van der Waals surface area (Å²) in [5, 5.41) is 3.69. The Hall–Kier alpha value is -2.88. The van der Waals surface area contributed by atoms with E-state index in [1.165, 1.54) is 25.3 Å². The number of ether oxygens (including phenoxy) is 2. The van der Waals surface area contributed by atoms with Crippen molar-refractivity contribution in [2.45, 2.75) is 12.8 Å². The molecule has 0 N–H and O–H groups in total. The maximum atomic E-state index is 12.6. The monoisotopic (exact) mass is 456 g/mol. The number of carbonyl (C=O) groups is 1. The predicted molar refractivity (Wildman–Crippen MR) is 94.5 cm³/mol. The summed E-state index contributed by atoms with van der Waals surface area (Å²) < 4.78 is 53.5. The zero-order valence-electron chi connectivity index (χ0n) is 14.3. The van der Waals surface area contributed by atoms with Crippen LogP contribution in [-0.2, 0) is 17.5 Å². The van der Waals surface area contributed by atoms with E-state index < -0.39 is 17.7 Å². The number of benzene rings is 2. The molecule has 3 aromatic rings. The lowest BCUT2D eigenvalue weighted by atomic mass is 10.1. The second-order valence-corrected chi connectivity index (χ2v) is 6.36. The lowest BCUT2D eigenvalue weighted by Crippen LogP contribution is -2.06. The van der Waals surface area contributed by atoms with Crippen molar-refractivity contribution < 1.29 is 32.0 Å². The van der Waals surface area contributed by atoms with E-state index in [0.29, 0.717) is 15.8 Å². The van der Waals surface area contributed by atoms with Crippen LogP contribution in [0.1, 0.15) is 21.8 Å². The zero-order valence-corrected chi connectivity index (χ0v) is 15.9. The van der Waals surface area contributed by atoms with Gasteiger partial charge in [0.05, 0.1) is 18.2 Å². The third-order valence-corrected chi connectivity index (χ3v) is 4.35. The molecule has 0 fully saturated rings. The van der Waals surface area contributed by atoms with Gasteiger partial charge in [0.2, 0.25) is 5.82 Å². The van der Waals surface area contributed by atoms with Crippen molar-refractivity contribution in [1.82, 2.24) is 10.1 Å². The zero-order chi connectivity index (χ0) is 20.3. The van der Waals surface area contributed by atoms with Crippen LogP contribution >= 0.6 is 15.9 Å². The lowest BCUT2D eigenvalue weighted by Gasteiger charge is -2.06. The van der Waals surface area contributed by atoms with E-state index in [1.807, 2.05) is 0 Å². The van der Waals surface area contributed by atoms with E-state index in [9.17, 15) is 18.0 Å². The van der Waals surface area contributed by atoms with E-state index in [4.69, 9.17) is 14.0 Å². The van der Waals surface area contributed by atoms with Gasteiger partial charge in [0, 0.05) is 10.0 Å². The number of carbonyl (C=O) groups excluding carboxylic acids is 1. The molecule has 1 aromatic heterocycles. The third kappa shape index (κ3) is 4.50. The standard InChI is InChI=1S/C18H12BrF3N2O4/c1-26-12-6-7-14(19)13(8-12)17(25)27-9-15-23-16(24-28-15)10-2-4-11(5-3-10)18(20,21)22/h2-8H,9H2,1H3. The second-order valence-electron chi connectivity index (χ2n) is 5.51. The number of alkyl halides is 3. The van der Waals surface area contributed by atoms with Crippen LogP contribution < -0.4 is 4.74 Å². The van der Waals surface area contributed by atoms with Crippen LogP contribution in [0.2, 0.25) is 0 Å². The average molecular weight is 457 g/mol. The first kappa shape index (κ1) is 19.9. The highest BCUT2D eigenvalue weighted by molar-refractivity contribution is 9.10. The van der Waals surface area contributed by atoms with Crippen LogP contribution in [0.15, 0.2) is 51.5 Å². The maximum absolute atomic E-state index is 12.6. The van der Waals surface area contributed by atoms with Gasteiger partial charge in [-0.05, 0) is 46.3 Å². The summed E-state index contributed by atoms with van der Waals surface area (Å²) in [5.41, 5.74) is -0.190. The van der Waals surface area contributed by atoms with Crippen LogP contribution in [0.3, 0.4) is 0 Å². The largest absolute Gasteiger partial charge is 0.497 e. The lowest BCUT2D eigenvalue weighted by molar-refractivity contribution is -0.137. The molecule has 3 rings (SSSR count). The molecule has 0 bridgehead atoms. The van der Waals surface area contributed by atoms with Gasteiger partial charge >= 0.3 is 12.1 Å². The molecule has 10 heteroatoms. The molecule has 28 heavy (non-hydrogen) atoms. The summed E-state index contributed by atoms with van der Waals surface area (Å²) >= 11 is 3.25. The van der Waals surface area contributed by atoms with Gasteiger partial charge in [0.1, 0.15) is 5.75 Å². The fourth-order valence-corrected chi connectivity index (χ4v) is 2.64. The van der Waals surface area contributed by atoms with Gasteiger partial charge in [0.15, 0.2) is 6.61 Å². The highest BCUT2D eigenvalue weighted by atomic mass is 79.9. The smallest absolute Gasteiger partial charge is 0.416 e. The minimum Gasteiger partial charge on any atom is -0.497 e. The Bertz CT molecular complexity index is 987. The Morgan fingerprint density at radius 3 is 2.54 bits per heavy atom. The van der Waals surface area contributed by atoms with Crippen molar-refractivity contribution >= 4 is 21.9 Å². The molecule has 0 saturated heterocycles. The molecule has 0 atom stereocenters. The SMILES string of the molecule is COc1ccc(Br)c(C(=O)OCc2nc(-c3ccc(C(F)(F)F)cc3)no2)c1. The van der Waals surface area contributed by atoms with E-state index in [-0.39, 0.29) is 23.9 Å². The van der Waals surface area contributed by atoms with Crippen molar-refractivity contribution in [2.24, 2.45) is 0 Å². The Kier molecular flexibility index (Phi) is 5.68. The average Bonchev–Trinajstić information content (AvgIpc) is 3.15. The van der Waals surface area contributed by atoms with Gasteiger partial charge in [-0.3, -0.25) is 0 Å². The van der Waals surface area contributed by atoms with Crippen LogP contribution in [0.25, 0.3) is 11.4 Å². The van der Waals surface area contributed by atoms with Crippen LogP contribution in [0.5, 0.6) is 5.75 Å². The molecular formula is C18H12BrF3N2O4. The Morgan fingerprint density at radius 1 is 1.18 bits per heavy atom. The highest BCUT2D eigenvalue weighted by Crippen LogP contribution is 2.30. The molecule has 0 aliphatic rings. The second kappa shape index (κ2) is 8.01. The molecule has 0 saturated carbocycles. The molecule has 0 spiro atoms. The van der Waals surface area contributed by atoms with Crippen LogP contribution in [-0.4, -0.2) is 23.2 Å². The minimum atomic E-state index is -4.43. The molecule has 0 aliphatic heterocycles. The van der Waals surface area contributed by atoms with Gasteiger partial charge in [-0.1, -0.05) is 17.3 Å². The van der Waals surface area contributed by atoms with E-state index in [0.717, 1.165) is 12.1 Å². The summed E-state index contributed by atoms with van der Waals surface area (Å²) in [7, 11) is 1.47. The summed E-state index contributed by atoms with van der Waals surface area (Å²) in [6.07, 6.45) is -4.43. The van der Waals surface area contributed by atoms with E-state index in [1.54, 1.807) is 12.1 Å². The van der Waals surface area contributed by atoms with Gasteiger partial charge < -0.3 is 14.0 Å². The van der Waals surface area contributed by atoms with Crippen molar-refractivity contribution in [1.29, 1.82) is 0 Å². The number of esters is 1. The summed E-state index contributed by atoms with van der Waals surface area (Å²) in [5.74, 6) is -0.0674. The quantitative estimate of drug-likeness (QED) is 0.509. The third-order valence-electron chi connectivity index (χ3n) is 3.66. The van der Waals surface area contributed by atoms with E-state index in [2.05, 4.69) is 26.1 Å². The molecule has 0 radical (unpaired) electrons. The molecule has 146 valence electrons. The Morgan fingerprint density at radius 2 is 1.89 bits per heavy atom.